The van der Waals surface area contributed by atoms with Crippen LogP contribution >= 0.6 is 23.2 Å². The molecule has 222 valence electrons. The minimum atomic E-state index is 0.750. The molecule has 0 fully saturated rings. The Morgan fingerprint density at radius 3 is 0.917 bits per heavy atom. The van der Waals surface area contributed by atoms with Gasteiger partial charge in [-0.15, -0.1) is 0 Å². The second kappa shape index (κ2) is 9.58. The summed E-state index contributed by atoms with van der Waals surface area (Å²) in [6, 6.07) is 53.1. The van der Waals surface area contributed by atoms with E-state index in [1.165, 1.54) is 108 Å². The fourth-order valence-corrected chi connectivity index (χ4v) is 9.03. The van der Waals surface area contributed by atoms with E-state index < -0.39 is 0 Å². The summed E-state index contributed by atoms with van der Waals surface area (Å²) in [7, 11) is 0. The van der Waals surface area contributed by atoms with Gasteiger partial charge in [0.25, 0.3) is 0 Å². The van der Waals surface area contributed by atoms with Crippen LogP contribution in [0, 0.1) is 0 Å². The molecule has 0 aliphatic carbocycles. The lowest BCUT2D eigenvalue weighted by Crippen LogP contribution is -1.94. The molecule has 2 heteroatoms. The van der Waals surface area contributed by atoms with Crippen LogP contribution in [0.3, 0.4) is 0 Å². The van der Waals surface area contributed by atoms with Crippen molar-refractivity contribution in [3.8, 4) is 22.3 Å². The lowest BCUT2D eigenvalue weighted by molar-refractivity contribution is 1.66. The topological polar surface area (TPSA) is 0 Å². The largest absolute Gasteiger partial charge is 0.0843 e. The molecule has 0 saturated heterocycles. The fraction of sp³-hybridized carbons (Fsp3) is 0. The lowest BCUT2D eigenvalue weighted by atomic mass is 9.80. The van der Waals surface area contributed by atoms with E-state index in [4.69, 9.17) is 23.2 Å². The molecular formula is C46H24Cl2. The first-order valence-corrected chi connectivity index (χ1v) is 17.1. The Balaban J connectivity index is 1.36. The van der Waals surface area contributed by atoms with Crippen molar-refractivity contribution in [2.75, 3.05) is 0 Å². The van der Waals surface area contributed by atoms with Crippen LogP contribution in [0.25, 0.3) is 108 Å². The highest BCUT2D eigenvalue weighted by atomic mass is 35.5. The minimum absolute atomic E-state index is 0.750. The Bertz CT molecular complexity index is 2890. The third-order valence-corrected chi connectivity index (χ3v) is 11.2. The van der Waals surface area contributed by atoms with Gasteiger partial charge in [0.15, 0.2) is 0 Å². The highest BCUT2D eigenvalue weighted by Gasteiger charge is 2.23. The van der Waals surface area contributed by atoms with Crippen LogP contribution in [0.1, 0.15) is 0 Å². The maximum absolute atomic E-state index is 6.29. The predicted molar refractivity (Wildman–Crippen MR) is 210 cm³/mol. The molecule has 11 aromatic rings. The molecule has 11 aromatic carbocycles. The standard InChI is InChI=1S/C46H24Cl2/c47-27-17-13-25(14-18-27)29-21-23-39-41-31(29)5-1-7-33(41)35-9-3-11-37-43(35)45(39)38-12-4-10-36-34-8-2-6-32-30(26-15-19-28(48)20-16-26)22-24-40(42(32)34)46(37)44(36)38/h1-24H. The van der Waals surface area contributed by atoms with Gasteiger partial charge in [0.05, 0.1) is 0 Å². The van der Waals surface area contributed by atoms with Crippen LogP contribution in [0.15, 0.2) is 146 Å². The van der Waals surface area contributed by atoms with Crippen LogP contribution in [0.2, 0.25) is 10.0 Å². The van der Waals surface area contributed by atoms with E-state index in [1.54, 1.807) is 0 Å². The Morgan fingerprint density at radius 1 is 0.229 bits per heavy atom. The summed E-state index contributed by atoms with van der Waals surface area (Å²) in [5.41, 5.74) is 4.80. The number of hydrogen-bond donors (Lipinski definition) is 0. The van der Waals surface area contributed by atoms with E-state index in [0.29, 0.717) is 0 Å². The predicted octanol–water partition coefficient (Wildman–Crippen LogP) is 14.4. The van der Waals surface area contributed by atoms with Crippen LogP contribution in [0.4, 0.5) is 0 Å². The van der Waals surface area contributed by atoms with E-state index in [0.717, 1.165) is 10.0 Å². The van der Waals surface area contributed by atoms with Crippen LogP contribution in [0.5, 0.6) is 0 Å². The zero-order valence-electron chi connectivity index (χ0n) is 25.6. The second-order valence-electron chi connectivity index (χ2n) is 13.0. The van der Waals surface area contributed by atoms with Crippen molar-refractivity contribution in [3.63, 3.8) is 0 Å². The van der Waals surface area contributed by atoms with Gasteiger partial charge in [0.2, 0.25) is 0 Å². The highest BCUT2D eigenvalue weighted by Crippen LogP contribution is 2.51. The molecule has 0 aliphatic rings. The van der Waals surface area contributed by atoms with Crippen molar-refractivity contribution < 1.29 is 0 Å². The summed E-state index contributed by atoms with van der Waals surface area (Å²) in [5, 5.41) is 22.4. The zero-order chi connectivity index (χ0) is 31.7. The molecule has 0 aliphatic heterocycles. The maximum atomic E-state index is 6.29. The van der Waals surface area contributed by atoms with Crippen molar-refractivity contribution in [1.29, 1.82) is 0 Å². The molecule has 0 bridgehead atoms. The average Bonchev–Trinajstić information content (AvgIpc) is 3.13. The molecule has 0 radical (unpaired) electrons. The SMILES string of the molecule is Clc1ccc(-c2ccc3c4c2cccc4c2cccc4c2c3c2cccc3c5cccc6c(-c7ccc(Cl)cc7)ccc(c65)c4c32)cc1. The number of benzene rings is 11. The maximum Gasteiger partial charge on any atom is 0.0406 e. The molecule has 0 heterocycles. The number of hydrogen-bond acceptors (Lipinski definition) is 0. The molecule has 0 saturated carbocycles. The van der Waals surface area contributed by atoms with Crippen molar-refractivity contribution in [1.82, 2.24) is 0 Å². The van der Waals surface area contributed by atoms with Gasteiger partial charge in [0.1, 0.15) is 0 Å². The van der Waals surface area contributed by atoms with Crippen LogP contribution in [-0.2, 0) is 0 Å². The molecule has 0 unspecified atom stereocenters. The monoisotopic (exact) mass is 646 g/mol. The van der Waals surface area contributed by atoms with Gasteiger partial charge in [-0.25, -0.2) is 0 Å². The molecule has 48 heavy (non-hydrogen) atoms. The van der Waals surface area contributed by atoms with Gasteiger partial charge >= 0.3 is 0 Å². The van der Waals surface area contributed by atoms with Gasteiger partial charge in [-0.2, -0.15) is 0 Å². The van der Waals surface area contributed by atoms with Crippen molar-refractivity contribution in [2.24, 2.45) is 0 Å². The van der Waals surface area contributed by atoms with Gasteiger partial charge in [0, 0.05) is 10.0 Å². The first kappa shape index (κ1) is 26.6. The smallest absolute Gasteiger partial charge is 0.0406 e. The summed E-state index contributed by atoms with van der Waals surface area (Å²) in [6.45, 7) is 0. The second-order valence-corrected chi connectivity index (χ2v) is 13.9. The highest BCUT2D eigenvalue weighted by molar-refractivity contribution is 6.48. The van der Waals surface area contributed by atoms with Gasteiger partial charge in [-0.1, -0.05) is 145 Å². The molecule has 0 aromatic heterocycles. The molecule has 11 rings (SSSR count). The first-order valence-electron chi connectivity index (χ1n) is 16.3. The Morgan fingerprint density at radius 2 is 0.521 bits per heavy atom. The first-order chi connectivity index (χ1) is 23.7. The van der Waals surface area contributed by atoms with Crippen molar-refractivity contribution in [2.45, 2.75) is 0 Å². The van der Waals surface area contributed by atoms with Crippen molar-refractivity contribution >= 4 is 109 Å². The van der Waals surface area contributed by atoms with E-state index >= 15 is 0 Å². The lowest BCUT2D eigenvalue weighted by Gasteiger charge is -2.22. The van der Waals surface area contributed by atoms with E-state index in [2.05, 4.69) is 121 Å². The summed E-state index contributed by atoms with van der Waals surface area (Å²) >= 11 is 12.6. The number of fused-ring (bicyclic) bond motifs is 6. The Kier molecular flexibility index (Phi) is 5.32. The normalized spacial score (nSPS) is 12.4. The quantitative estimate of drug-likeness (QED) is 0.129. The van der Waals surface area contributed by atoms with E-state index in [9.17, 15) is 0 Å². The summed E-state index contributed by atoms with van der Waals surface area (Å²) in [6.07, 6.45) is 0. The Hall–Kier alpha value is -5.40. The van der Waals surface area contributed by atoms with Gasteiger partial charge < -0.3 is 0 Å². The molecule has 0 N–H and O–H groups in total. The third kappa shape index (κ3) is 3.41. The minimum Gasteiger partial charge on any atom is -0.0843 e. The third-order valence-electron chi connectivity index (χ3n) is 10.7. The molecule has 0 spiro atoms. The molecular weight excluding hydrogens is 623 g/mol. The average molecular weight is 648 g/mol. The zero-order valence-corrected chi connectivity index (χ0v) is 27.1. The molecule has 0 amide bonds. The number of halogens is 2. The molecule has 0 atom stereocenters. The Labute approximate surface area is 286 Å². The fourth-order valence-electron chi connectivity index (χ4n) is 8.78. The van der Waals surface area contributed by atoms with E-state index in [-0.39, 0.29) is 0 Å². The van der Waals surface area contributed by atoms with Crippen LogP contribution in [-0.4, -0.2) is 0 Å². The summed E-state index contributed by atoms with van der Waals surface area (Å²) in [4.78, 5) is 0. The molecule has 0 nitrogen and oxygen atoms in total. The van der Waals surface area contributed by atoms with Crippen molar-refractivity contribution in [3.05, 3.63) is 156 Å². The number of rotatable bonds is 2. The van der Waals surface area contributed by atoms with Gasteiger partial charge in [-0.05, 0) is 133 Å². The van der Waals surface area contributed by atoms with E-state index in [1.807, 2.05) is 24.3 Å². The van der Waals surface area contributed by atoms with Gasteiger partial charge in [-0.3, -0.25) is 0 Å². The summed E-state index contributed by atoms with van der Waals surface area (Å²) in [5.74, 6) is 0. The summed E-state index contributed by atoms with van der Waals surface area (Å²) < 4.78 is 0. The van der Waals surface area contributed by atoms with Crippen LogP contribution < -0.4 is 0 Å².